The third-order valence-electron chi connectivity index (χ3n) is 8.40. The second-order valence-corrected chi connectivity index (χ2v) is 11.1. The summed E-state index contributed by atoms with van der Waals surface area (Å²) in [5, 5.41) is 5.61. The highest BCUT2D eigenvalue weighted by Gasteiger charge is 2.31. The van der Waals surface area contributed by atoms with Gasteiger partial charge in [0.15, 0.2) is 0 Å². The number of pyridine rings is 3. The maximum Gasteiger partial charge on any atom is 0.314 e. The van der Waals surface area contributed by atoms with E-state index in [0.717, 1.165) is 59.7 Å². The first-order valence-electron chi connectivity index (χ1n) is 14.6. The van der Waals surface area contributed by atoms with E-state index < -0.39 is 6.03 Å². The Hall–Kier alpha value is -3.99. The van der Waals surface area contributed by atoms with Crippen LogP contribution in [0.2, 0.25) is 0 Å². The van der Waals surface area contributed by atoms with Crippen molar-refractivity contribution in [3.63, 3.8) is 0 Å². The topological polar surface area (TPSA) is 136 Å². The maximum atomic E-state index is 13.0. The number of carbonyl (C=O) groups is 2. The molecule has 3 N–H and O–H groups in total. The Kier molecular flexibility index (Phi) is 8.13. The van der Waals surface area contributed by atoms with Gasteiger partial charge in [-0.3, -0.25) is 9.78 Å². The molecule has 2 amide bonds. The van der Waals surface area contributed by atoms with Crippen LogP contribution in [0.4, 0.5) is 16.4 Å². The molecule has 3 fully saturated rings. The van der Waals surface area contributed by atoms with Gasteiger partial charge in [-0.15, -0.1) is 0 Å². The van der Waals surface area contributed by atoms with E-state index in [1.54, 1.807) is 11.1 Å². The number of piperidine rings is 2. The van der Waals surface area contributed by atoms with Crippen molar-refractivity contribution in [3.8, 4) is 11.3 Å². The minimum Gasteiger partial charge on any atom is -0.462 e. The Morgan fingerprint density at radius 1 is 0.976 bits per heavy atom. The molecule has 0 bridgehead atoms. The molecular weight excluding hydrogens is 522 g/mol. The summed E-state index contributed by atoms with van der Waals surface area (Å²) in [4.78, 5) is 42.2. The lowest BCUT2D eigenvalue weighted by atomic mass is 9.96. The average molecular weight is 560 g/mol. The van der Waals surface area contributed by atoms with Gasteiger partial charge in [0.25, 0.3) is 0 Å². The summed E-state index contributed by atoms with van der Waals surface area (Å²) in [5.74, 6) is 1.46. The predicted molar refractivity (Wildman–Crippen MR) is 155 cm³/mol. The summed E-state index contributed by atoms with van der Waals surface area (Å²) in [6, 6.07) is 8.06. The fourth-order valence-electron chi connectivity index (χ4n) is 5.97. The SMILES string of the molecule is NC(=O)N1CCC(OC(=O)C2CCN(c3nc(-c4ccnc(NC5CCOCC5)c4)cc4cnccc34)CC2)CC1. The lowest BCUT2D eigenvalue weighted by Gasteiger charge is -2.34. The van der Waals surface area contributed by atoms with Crippen molar-refractivity contribution in [1.82, 2.24) is 19.9 Å². The quantitative estimate of drug-likeness (QED) is 0.434. The number of fused-ring (bicyclic) bond motifs is 1. The lowest BCUT2D eigenvalue weighted by molar-refractivity contribution is -0.156. The second-order valence-electron chi connectivity index (χ2n) is 11.1. The largest absolute Gasteiger partial charge is 0.462 e. The van der Waals surface area contributed by atoms with Crippen LogP contribution in [0.15, 0.2) is 42.9 Å². The maximum absolute atomic E-state index is 13.0. The molecule has 3 aromatic rings. The first kappa shape index (κ1) is 27.2. The summed E-state index contributed by atoms with van der Waals surface area (Å²) in [7, 11) is 0. The van der Waals surface area contributed by atoms with Gasteiger partial charge in [0.2, 0.25) is 0 Å². The molecule has 0 unspecified atom stereocenters. The highest BCUT2D eigenvalue weighted by atomic mass is 16.5. The Morgan fingerprint density at radius 2 is 1.76 bits per heavy atom. The monoisotopic (exact) mass is 559 g/mol. The third-order valence-corrected chi connectivity index (χ3v) is 8.40. The summed E-state index contributed by atoms with van der Waals surface area (Å²) >= 11 is 0. The van der Waals surface area contributed by atoms with Crippen LogP contribution in [0.5, 0.6) is 0 Å². The summed E-state index contributed by atoms with van der Waals surface area (Å²) in [5.41, 5.74) is 7.22. The van der Waals surface area contributed by atoms with E-state index in [9.17, 15) is 9.59 Å². The first-order chi connectivity index (χ1) is 20.0. The van der Waals surface area contributed by atoms with Crippen molar-refractivity contribution in [1.29, 1.82) is 0 Å². The molecule has 0 atom stereocenters. The Labute approximate surface area is 239 Å². The van der Waals surface area contributed by atoms with Crippen LogP contribution in [0.1, 0.15) is 38.5 Å². The van der Waals surface area contributed by atoms with Crippen molar-refractivity contribution >= 4 is 34.4 Å². The van der Waals surface area contributed by atoms with Gasteiger partial charge in [0.1, 0.15) is 17.7 Å². The van der Waals surface area contributed by atoms with Crippen molar-refractivity contribution in [2.75, 3.05) is 49.6 Å². The fourth-order valence-corrected chi connectivity index (χ4v) is 5.97. The minimum atomic E-state index is -0.417. The summed E-state index contributed by atoms with van der Waals surface area (Å²) in [6.45, 7) is 4.01. The summed E-state index contributed by atoms with van der Waals surface area (Å²) < 4.78 is 11.3. The fraction of sp³-hybridized carbons (Fsp3) is 0.500. The number of nitrogens with zero attached hydrogens (tertiary/aromatic N) is 5. The minimum absolute atomic E-state index is 0.140. The number of amides is 2. The highest BCUT2D eigenvalue weighted by molar-refractivity contribution is 5.94. The second kappa shape index (κ2) is 12.3. The Morgan fingerprint density at radius 3 is 2.51 bits per heavy atom. The molecule has 6 heterocycles. The van der Waals surface area contributed by atoms with E-state index in [1.165, 1.54) is 0 Å². The van der Waals surface area contributed by atoms with Gasteiger partial charge in [-0.2, -0.15) is 0 Å². The number of likely N-dealkylation sites (tertiary alicyclic amines) is 1. The van der Waals surface area contributed by atoms with Crippen molar-refractivity contribution < 1.29 is 19.1 Å². The molecule has 3 aromatic heterocycles. The van der Waals surface area contributed by atoms with Gasteiger partial charge in [0.05, 0.1) is 11.6 Å². The van der Waals surface area contributed by atoms with Gasteiger partial charge >= 0.3 is 12.0 Å². The van der Waals surface area contributed by atoms with Crippen molar-refractivity contribution in [2.24, 2.45) is 11.7 Å². The number of urea groups is 1. The number of rotatable bonds is 6. The molecule has 11 nitrogen and oxygen atoms in total. The standard InChI is InChI=1S/C30H37N7O4/c31-30(39)37-13-5-24(6-14-37)41-29(38)20-3-11-36(12-4-20)28-25-2-9-32-19-22(25)17-26(35-28)21-1-10-33-27(18-21)34-23-7-15-40-16-8-23/h1-2,9-10,17-20,23-24H,3-8,11-16H2,(H2,31,39)(H,33,34). The molecule has 0 aromatic carbocycles. The molecule has 3 saturated heterocycles. The van der Waals surface area contributed by atoms with Crippen LogP contribution in [-0.2, 0) is 14.3 Å². The van der Waals surface area contributed by atoms with E-state index in [4.69, 9.17) is 20.2 Å². The number of aromatic nitrogens is 3. The highest BCUT2D eigenvalue weighted by Crippen LogP contribution is 2.33. The van der Waals surface area contributed by atoms with E-state index >= 15 is 0 Å². The van der Waals surface area contributed by atoms with Crippen molar-refractivity contribution in [3.05, 3.63) is 42.9 Å². The van der Waals surface area contributed by atoms with Gasteiger partial charge in [0, 0.05) is 93.2 Å². The molecule has 0 aliphatic carbocycles. The zero-order valence-electron chi connectivity index (χ0n) is 23.2. The number of anilines is 2. The van der Waals surface area contributed by atoms with Gasteiger partial charge in [-0.25, -0.2) is 14.8 Å². The van der Waals surface area contributed by atoms with Crippen LogP contribution in [0.3, 0.4) is 0 Å². The number of hydrogen-bond acceptors (Lipinski definition) is 9. The molecule has 6 rings (SSSR count). The molecule has 11 heteroatoms. The molecule has 0 radical (unpaired) electrons. The molecule has 216 valence electrons. The number of nitrogens with one attached hydrogen (secondary N) is 1. The predicted octanol–water partition coefficient (Wildman–Crippen LogP) is 3.59. The van der Waals surface area contributed by atoms with Crippen molar-refractivity contribution in [2.45, 2.75) is 50.7 Å². The molecule has 3 aliphatic rings. The zero-order chi connectivity index (χ0) is 28.2. The molecule has 0 spiro atoms. The van der Waals surface area contributed by atoms with Crippen LogP contribution in [-0.4, -0.2) is 83.4 Å². The molecule has 41 heavy (non-hydrogen) atoms. The normalized spacial score (nSPS) is 19.3. The molecular formula is C30H37N7O4. The van der Waals surface area contributed by atoms with Gasteiger partial charge < -0.3 is 30.3 Å². The molecule has 3 aliphatic heterocycles. The summed E-state index contributed by atoms with van der Waals surface area (Å²) in [6.07, 6.45) is 9.93. The zero-order valence-corrected chi connectivity index (χ0v) is 23.2. The smallest absolute Gasteiger partial charge is 0.314 e. The first-order valence-corrected chi connectivity index (χ1v) is 14.6. The van der Waals surface area contributed by atoms with Crippen LogP contribution >= 0.6 is 0 Å². The lowest BCUT2D eigenvalue weighted by Crippen LogP contribution is -2.45. The number of primary amides is 1. The molecule has 0 saturated carbocycles. The van der Waals surface area contributed by atoms with Crippen LogP contribution < -0.4 is 16.0 Å². The van der Waals surface area contributed by atoms with Crippen LogP contribution in [0, 0.1) is 5.92 Å². The van der Waals surface area contributed by atoms with Gasteiger partial charge in [-0.05, 0) is 49.9 Å². The van der Waals surface area contributed by atoms with E-state index in [-0.39, 0.29) is 18.0 Å². The Balaban J connectivity index is 1.14. The number of hydrogen-bond donors (Lipinski definition) is 2. The van der Waals surface area contributed by atoms with E-state index in [0.29, 0.717) is 57.9 Å². The number of esters is 1. The number of ether oxygens (including phenoxy) is 2. The average Bonchev–Trinajstić information content (AvgIpc) is 3.01. The third kappa shape index (κ3) is 6.35. The Bertz CT molecular complexity index is 1380. The number of nitrogens with two attached hydrogens (primary N) is 1. The van der Waals surface area contributed by atoms with Crippen LogP contribution in [0.25, 0.3) is 22.0 Å². The van der Waals surface area contributed by atoms with E-state index in [1.807, 2.05) is 24.5 Å². The van der Waals surface area contributed by atoms with E-state index in [2.05, 4.69) is 32.3 Å². The van der Waals surface area contributed by atoms with Gasteiger partial charge in [-0.1, -0.05) is 0 Å². The number of carbonyl (C=O) groups excluding carboxylic acids is 2.